The first kappa shape index (κ1) is 22.0. The number of nitrogens with one attached hydrogen (secondary N) is 2. The molecule has 30 heavy (non-hydrogen) atoms. The first-order chi connectivity index (χ1) is 14.2. The Hall–Kier alpha value is -2.72. The van der Waals surface area contributed by atoms with Crippen molar-refractivity contribution in [2.45, 2.75) is 4.90 Å². The molecule has 2 N–H and O–H groups in total. The van der Waals surface area contributed by atoms with E-state index >= 15 is 0 Å². The van der Waals surface area contributed by atoms with E-state index in [1.807, 2.05) is 0 Å². The lowest BCUT2D eigenvalue weighted by molar-refractivity contribution is 0.102. The van der Waals surface area contributed by atoms with Crippen LogP contribution in [0.5, 0.6) is 0 Å². The Kier molecular flexibility index (Phi) is 6.57. The summed E-state index contributed by atoms with van der Waals surface area (Å²) in [5, 5.41) is 7.36. The van der Waals surface area contributed by atoms with Crippen LogP contribution >= 0.6 is 22.9 Å². The van der Waals surface area contributed by atoms with Gasteiger partial charge >= 0.3 is 0 Å². The molecule has 10 heteroatoms. The van der Waals surface area contributed by atoms with E-state index in [0.717, 1.165) is 4.31 Å². The number of hydrogen-bond donors (Lipinski definition) is 2. The fourth-order valence-corrected chi connectivity index (χ4v) is 4.27. The molecule has 0 saturated carbocycles. The Labute approximate surface area is 183 Å². The van der Waals surface area contributed by atoms with Crippen molar-refractivity contribution in [3.8, 4) is 0 Å². The molecule has 0 atom stereocenters. The highest BCUT2D eigenvalue weighted by Gasteiger charge is 2.21. The van der Waals surface area contributed by atoms with Gasteiger partial charge in [-0.3, -0.25) is 9.59 Å². The van der Waals surface area contributed by atoms with E-state index in [1.165, 1.54) is 43.6 Å². The molecule has 2 amide bonds. The summed E-state index contributed by atoms with van der Waals surface area (Å²) in [5.74, 6) is -0.823. The largest absolute Gasteiger partial charge is 0.322 e. The van der Waals surface area contributed by atoms with Crippen LogP contribution in [0.15, 0.2) is 64.9 Å². The van der Waals surface area contributed by atoms with Crippen molar-refractivity contribution in [1.29, 1.82) is 0 Å². The summed E-state index contributed by atoms with van der Waals surface area (Å²) in [6.45, 7) is 0. The first-order valence-electron chi connectivity index (χ1n) is 8.67. The molecule has 2 aromatic carbocycles. The Morgan fingerprint density at radius 1 is 0.933 bits per heavy atom. The normalized spacial score (nSPS) is 11.3. The minimum absolute atomic E-state index is 0.0209. The average molecular weight is 464 g/mol. The van der Waals surface area contributed by atoms with Gasteiger partial charge in [-0.25, -0.2) is 12.7 Å². The van der Waals surface area contributed by atoms with Crippen LogP contribution in [0.25, 0.3) is 0 Å². The van der Waals surface area contributed by atoms with Gasteiger partial charge in [-0.15, -0.1) is 11.3 Å². The lowest BCUT2D eigenvalue weighted by atomic mass is 10.2. The van der Waals surface area contributed by atoms with Crippen LogP contribution in [-0.4, -0.2) is 38.6 Å². The van der Waals surface area contributed by atoms with Crippen LogP contribution < -0.4 is 10.6 Å². The molecule has 0 aliphatic carbocycles. The summed E-state index contributed by atoms with van der Waals surface area (Å²) in [5.41, 5.74) is 0.940. The standard InChI is InChI=1S/C20H18ClN3O4S2/c1-24(2)30(27,28)15-8-9-17(21)16(12-15)19(25)22-13-5-3-6-14(11-13)23-20(26)18-7-4-10-29-18/h3-12H,1-2H3,(H,22,25)(H,23,26). The van der Waals surface area contributed by atoms with E-state index in [9.17, 15) is 18.0 Å². The number of sulfonamides is 1. The molecule has 3 rings (SSSR count). The smallest absolute Gasteiger partial charge is 0.265 e. The highest BCUT2D eigenvalue weighted by Crippen LogP contribution is 2.24. The van der Waals surface area contributed by atoms with Crippen LogP contribution in [0, 0.1) is 0 Å². The van der Waals surface area contributed by atoms with Gasteiger partial charge in [-0.2, -0.15) is 0 Å². The summed E-state index contributed by atoms with van der Waals surface area (Å²) in [4.78, 5) is 25.4. The van der Waals surface area contributed by atoms with E-state index in [0.29, 0.717) is 16.3 Å². The third-order valence-electron chi connectivity index (χ3n) is 4.08. The SMILES string of the molecule is CN(C)S(=O)(=O)c1ccc(Cl)c(C(=O)Nc2cccc(NC(=O)c3cccs3)c2)c1. The van der Waals surface area contributed by atoms with Crippen LogP contribution in [0.4, 0.5) is 11.4 Å². The number of carbonyl (C=O) groups excluding carboxylic acids is 2. The lowest BCUT2D eigenvalue weighted by Gasteiger charge is -2.13. The number of halogens is 1. The summed E-state index contributed by atoms with van der Waals surface area (Å²) in [6, 6.07) is 14.0. The maximum atomic E-state index is 12.7. The van der Waals surface area contributed by atoms with Crippen molar-refractivity contribution in [2.24, 2.45) is 0 Å². The molecule has 3 aromatic rings. The molecule has 0 saturated heterocycles. The zero-order valence-electron chi connectivity index (χ0n) is 16.0. The first-order valence-corrected chi connectivity index (χ1v) is 11.4. The second kappa shape index (κ2) is 8.97. The molecule has 1 aromatic heterocycles. The molecule has 0 radical (unpaired) electrons. The molecule has 0 unspecified atom stereocenters. The maximum absolute atomic E-state index is 12.7. The van der Waals surface area contributed by atoms with E-state index in [-0.39, 0.29) is 21.4 Å². The summed E-state index contributed by atoms with van der Waals surface area (Å²) < 4.78 is 25.7. The van der Waals surface area contributed by atoms with Gasteiger partial charge in [0.05, 0.1) is 20.4 Å². The van der Waals surface area contributed by atoms with Crippen LogP contribution in [0.1, 0.15) is 20.0 Å². The number of carbonyl (C=O) groups is 2. The third kappa shape index (κ3) is 4.88. The number of hydrogen-bond acceptors (Lipinski definition) is 5. The number of benzene rings is 2. The number of amides is 2. The highest BCUT2D eigenvalue weighted by molar-refractivity contribution is 7.89. The molecule has 0 fully saturated rings. The second-order valence-corrected chi connectivity index (χ2v) is 9.90. The topological polar surface area (TPSA) is 95.6 Å². The highest BCUT2D eigenvalue weighted by atomic mass is 35.5. The maximum Gasteiger partial charge on any atom is 0.265 e. The fourth-order valence-electron chi connectivity index (χ4n) is 2.52. The van der Waals surface area contributed by atoms with Crippen LogP contribution in [-0.2, 0) is 10.0 Å². The van der Waals surface area contributed by atoms with Crippen molar-refractivity contribution in [2.75, 3.05) is 24.7 Å². The Morgan fingerprint density at radius 2 is 1.60 bits per heavy atom. The van der Waals surface area contributed by atoms with E-state index < -0.39 is 15.9 Å². The second-order valence-electron chi connectivity index (χ2n) is 6.40. The average Bonchev–Trinajstić information content (AvgIpc) is 3.23. The quantitative estimate of drug-likeness (QED) is 0.573. The molecular formula is C20H18ClN3O4S2. The predicted molar refractivity (Wildman–Crippen MR) is 119 cm³/mol. The Balaban J connectivity index is 1.80. The Morgan fingerprint density at radius 3 is 2.20 bits per heavy atom. The summed E-state index contributed by atoms with van der Waals surface area (Å²) >= 11 is 7.44. The minimum Gasteiger partial charge on any atom is -0.322 e. The minimum atomic E-state index is -3.72. The summed E-state index contributed by atoms with van der Waals surface area (Å²) in [6.07, 6.45) is 0. The van der Waals surface area contributed by atoms with E-state index in [2.05, 4.69) is 10.6 Å². The van der Waals surface area contributed by atoms with Gasteiger partial charge in [0.15, 0.2) is 0 Å². The molecule has 0 bridgehead atoms. The van der Waals surface area contributed by atoms with Crippen molar-refractivity contribution in [1.82, 2.24) is 4.31 Å². The van der Waals surface area contributed by atoms with Crippen molar-refractivity contribution in [3.63, 3.8) is 0 Å². The number of rotatable bonds is 6. The van der Waals surface area contributed by atoms with Gasteiger partial charge in [0.25, 0.3) is 11.8 Å². The number of anilines is 2. The number of thiophene rings is 1. The van der Waals surface area contributed by atoms with Crippen LogP contribution in [0.2, 0.25) is 5.02 Å². The predicted octanol–water partition coefficient (Wildman–Crippen LogP) is 4.16. The third-order valence-corrected chi connectivity index (χ3v) is 7.09. The zero-order chi connectivity index (χ0) is 21.9. The molecule has 7 nitrogen and oxygen atoms in total. The van der Waals surface area contributed by atoms with Gasteiger partial charge in [-0.05, 0) is 47.8 Å². The van der Waals surface area contributed by atoms with Gasteiger partial charge < -0.3 is 10.6 Å². The van der Waals surface area contributed by atoms with Crippen molar-refractivity contribution in [3.05, 3.63) is 75.4 Å². The zero-order valence-corrected chi connectivity index (χ0v) is 18.4. The number of nitrogens with zero attached hydrogens (tertiary/aromatic N) is 1. The molecular weight excluding hydrogens is 446 g/mol. The van der Waals surface area contributed by atoms with E-state index in [4.69, 9.17) is 11.6 Å². The van der Waals surface area contributed by atoms with Crippen LogP contribution in [0.3, 0.4) is 0 Å². The molecule has 1 heterocycles. The van der Waals surface area contributed by atoms with Gasteiger partial charge in [0.2, 0.25) is 10.0 Å². The lowest BCUT2D eigenvalue weighted by Crippen LogP contribution is -2.23. The van der Waals surface area contributed by atoms with Gasteiger partial charge in [0, 0.05) is 25.5 Å². The van der Waals surface area contributed by atoms with Gasteiger partial charge in [0.1, 0.15) is 0 Å². The van der Waals surface area contributed by atoms with E-state index in [1.54, 1.807) is 41.8 Å². The monoisotopic (exact) mass is 463 g/mol. The Bertz CT molecular complexity index is 1190. The van der Waals surface area contributed by atoms with Crippen molar-refractivity contribution >= 4 is 56.2 Å². The fraction of sp³-hybridized carbons (Fsp3) is 0.100. The summed E-state index contributed by atoms with van der Waals surface area (Å²) in [7, 11) is -0.911. The van der Waals surface area contributed by atoms with Gasteiger partial charge in [-0.1, -0.05) is 23.7 Å². The van der Waals surface area contributed by atoms with Crippen molar-refractivity contribution < 1.29 is 18.0 Å². The molecule has 156 valence electrons. The molecule has 0 aliphatic rings. The molecule has 0 spiro atoms. The molecule has 0 aliphatic heterocycles.